The van der Waals surface area contributed by atoms with Gasteiger partial charge in [-0.05, 0) is 30.0 Å². The number of nitrogens with zero attached hydrogens (tertiary/aromatic N) is 2. The van der Waals surface area contributed by atoms with Gasteiger partial charge in [-0.2, -0.15) is 4.98 Å². The molecule has 0 saturated heterocycles. The van der Waals surface area contributed by atoms with Crippen LogP contribution in [0.4, 0.5) is 11.5 Å². The van der Waals surface area contributed by atoms with Gasteiger partial charge in [-0.3, -0.25) is 0 Å². The van der Waals surface area contributed by atoms with E-state index in [0.29, 0.717) is 29.1 Å². The number of ether oxygens (including phenoxy) is 1. The molecule has 1 aromatic heterocycles. The van der Waals surface area contributed by atoms with Crippen LogP contribution in [0.25, 0.3) is 0 Å². The number of anilines is 2. The van der Waals surface area contributed by atoms with Gasteiger partial charge in [0.25, 0.3) is 0 Å². The van der Waals surface area contributed by atoms with Crippen LogP contribution < -0.4 is 15.8 Å². The van der Waals surface area contributed by atoms with Crippen LogP contribution in [-0.4, -0.2) is 16.5 Å². The number of rotatable bonds is 6. The number of benzene rings is 1. The largest absolute Gasteiger partial charge is 0.437 e. The van der Waals surface area contributed by atoms with Gasteiger partial charge in [0.2, 0.25) is 5.88 Å². The van der Waals surface area contributed by atoms with Crippen LogP contribution in [0, 0.1) is 0 Å². The fourth-order valence-electron chi connectivity index (χ4n) is 1.88. The molecule has 0 atom stereocenters. The van der Waals surface area contributed by atoms with Gasteiger partial charge >= 0.3 is 0 Å². The monoisotopic (exact) mass is 286 g/mol. The topological polar surface area (TPSA) is 73.1 Å². The molecule has 1 aromatic carbocycles. The maximum Gasteiger partial charge on any atom is 0.248 e. The SMILES string of the molecule is CCCNc1ncnc(Oc2ccc(C(C)C)cc2)c1N. The third kappa shape index (κ3) is 3.84. The van der Waals surface area contributed by atoms with E-state index in [4.69, 9.17) is 10.5 Å². The number of nitrogens with two attached hydrogens (primary N) is 1. The van der Waals surface area contributed by atoms with Gasteiger partial charge in [-0.1, -0.05) is 32.9 Å². The highest BCUT2D eigenvalue weighted by molar-refractivity contribution is 5.66. The first-order valence-electron chi connectivity index (χ1n) is 7.24. The van der Waals surface area contributed by atoms with E-state index in [1.54, 1.807) is 0 Å². The third-order valence-corrected chi connectivity index (χ3v) is 3.15. The van der Waals surface area contributed by atoms with Gasteiger partial charge in [0, 0.05) is 6.54 Å². The van der Waals surface area contributed by atoms with Crippen molar-refractivity contribution >= 4 is 11.5 Å². The molecule has 112 valence electrons. The van der Waals surface area contributed by atoms with Gasteiger partial charge < -0.3 is 15.8 Å². The molecule has 0 aliphatic heterocycles. The first-order chi connectivity index (χ1) is 10.1. The van der Waals surface area contributed by atoms with E-state index in [-0.39, 0.29) is 0 Å². The van der Waals surface area contributed by atoms with E-state index in [2.05, 4.69) is 36.1 Å². The maximum absolute atomic E-state index is 6.04. The summed E-state index contributed by atoms with van der Waals surface area (Å²) < 4.78 is 5.75. The minimum atomic E-state index is 0.376. The van der Waals surface area contributed by atoms with E-state index in [9.17, 15) is 0 Å². The normalized spacial score (nSPS) is 10.7. The predicted molar refractivity (Wildman–Crippen MR) is 85.8 cm³/mol. The summed E-state index contributed by atoms with van der Waals surface area (Å²) in [4.78, 5) is 8.23. The summed E-state index contributed by atoms with van der Waals surface area (Å²) in [5.74, 6) is 2.20. The molecule has 0 amide bonds. The molecule has 2 rings (SSSR count). The molecule has 5 heteroatoms. The molecule has 2 aromatic rings. The molecule has 5 nitrogen and oxygen atoms in total. The minimum Gasteiger partial charge on any atom is -0.437 e. The van der Waals surface area contributed by atoms with E-state index >= 15 is 0 Å². The molecule has 0 saturated carbocycles. The van der Waals surface area contributed by atoms with Crippen LogP contribution in [0.15, 0.2) is 30.6 Å². The molecule has 1 heterocycles. The maximum atomic E-state index is 6.04. The van der Waals surface area contributed by atoms with Crippen molar-refractivity contribution in [3.8, 4) is 11.6 Å². The Labute approximate surface area is 125 Å². The first kappa shape index (κ1) is 15.1. The molecule has 0 aliphatic carbocycles. The third-order valence-electron chi connectivity index (χ3n) is 3.15. The second-order valence-electron chi connectivity index (χ2n) is 5.19. The number of hydrogen-bond donors (Lipinski definition) is 2. The van der Waals surface area contributed by atoms with Crippen LogP contribution >= 0.6 is 0 Å². The molecule has 0 radical (unpaired) electrons. The second kappa shape index (κ2) is 6.92. The van der Waals surface area contributed by atoms with Crippen molar-refractivity contribution < 1.29 is 4.74 Å². The zero-order chi connectivity index (χ0) is 15.2. The summed E-state index contributed by atoms with van der Waals surface area (Å²) in [7, 11) is 0. The summed E-state index contributed by atoms with van der Waals surface area (Å²) in [5.41, 5.74) is 7.73. The smallest absolute Gasteiger partial charge is 0.248 e. The van der Waals surface area contributed by atoms with E-state index < -0.39 is 0 Å². The standard InChI is InChI=1S/C16H22N4O/c1-4-9-18-15-14(17)16(20-10-19-15)21-13-7-5-12(6-8-13)11(2)3/h5-8,10-11H,4,9,17H2,1-3H3,(H,18,19,20). The molecule has 3 N–H and O–H groups in total. The summed E-state index contributed by atoms with van der Waals surface area (Å²) >= 11 is 0. The van der Waals surface area contributed by atoms with Crippen LogP contribution in [0.3, 0.4) is 0 Å². The highest BCUT2D eigenvalue weighted by Crippen LogP contribution is 2.29. The van der Waals surface area contributed by atoms with Crippen molar-refractivity contribution in [3.05, 3.63) is 36.2 Å². The zero-order valence-corrected chi connectivity index (χ0v) is 12.8. The van der Waals surface area contributed by atoms with Crippen molar-refractivity contribution in [1.82, 2.24) is 9.97 Å². The van der Waals surface area contributed by atoms with Gasteiger partial charge in [0.1, 0.15) is 17.8 Å². The van der Waals surface area contributed by atoms with E-state index in [1.807, 2.05) is 24.3 Å². The lowest BCUT2D eigenvalue weighted by molar-refractivity contribution is 0.464. The Hall–Kier alpha value is -2.30. The fourth-order valence-corrected chi connectivity index (χ4v) is 1.88. The quantitative estimate of drug-likeness (QED) is 0.845. The Balaban J connectivity index is 2.15. The lowest BCUT2D eigenvalue weighted by Gasteiger charge is -2.12. The number of nitrogens with one attached hydrogen (secondary N) is 1. The van der Waals surface area contributed by atoms with Crippen LogP contribution in [-0.2, 0) is 0 Å². The Morgan fingerprint density at radius 3 is 2.52 bits per heavy atom. The summed E-state index contributed by atoms with van der Waals surface area (Å²) in [5, 5.41) is 3.16. The zero-order valence-electron chi connectivity index (χ0n) is 12.8. The summed E-state index contributed by atoms with van der Waals surface area (Å²) in [6.07, 6.45) is 2.45. The number of nitrogen functional groups attached to an aromatic ring is 1. The second-order valence-corrected chi connectivity index (χ2v) is 5.19. The summed E-state index contributed by atoms with van der Waals surface area (Å²) in [6, 6.07) is 7.95. The molecular formula is C16H22N4O. The van der Waals surface area contributed by atoms with Crippen molar-refractivity contribution in [2.24, 2.45) is 0 Å². The van der Waals surface area contributed by atoms with Gasteiger partial charge in [0.05, 0.1) is 0 Å². The predicted octanol–water partition coefficient (Wildman–Crippen LogP) is 3.80. The highest BCUT2D eigenvalue weighted by Gasteiger charge is 2.10. The van der Waals surface area contributed by atoms with Crippen LogP contribution in [0.2, 0.25) is 0 Å². The van der Waals surface area contributed by atoms with Crippen molar-refractivity contribution in [1.29, 1.82) is 0 Å². The molecule has 0 spiro atoms. The lowest BCUT2D eigenvalue weighted by atomic mass is 10.0. The van der Waals surface area contributed by atoms with Gasteiger partial charge in [0.15, 0.2) is 5.82 Å². The molecule has 0 bridgehead atoms. The Morgan fingerprint density at radius 1 is 1.19 bits per heavy atom. The minimum absolute atomic E-state index is 0.376. The lowest BCUT2D eigenvalue weighted by Crippen LogP contribution is -2.07. The fraction of sp³-hybridized carbons (Fsp3) is 0.375. The number of aromatic nitrogens is 2. The molecule has 0 unspecified atom stereocenters. The highest BCUT2D eigenvalue weighted by atomic mass is 16.5. The van der Waals surface area contributed by atoms with E-state index in [0.717, 1.165) is 13.0 Å². The van der Waals surface area contributed by atoms with Gasteiger partial charge in [-0.15, -0.1) is 0 Å². The molecule has 21 heavy (non-hydrogen) atoms. The van der Waals surface area contributed by atoms with Crippen molar-refractivity contribution in [2.75, 3.05) is 17.6 Å². The molecule has 0 fully saturated rings. The Bertz CT molecular complexity index is 581. The number of hydrogen-bond acceptors (Lipinski definition) is 5. The molecule has 0 aliphatic rings. The van der Waals surface area contributed by atoms with Crippen molar-refractivity contribution in [2.45, 2.75) is 33.1 Å². The molecular weight excluding hydrogens is 264 g/mol. The Morgan fingerprint density at radius 2 is 1.90 bits per heavy atom. The average molecular weight is 286 g/mol. The Kier molecular flexibility index (Phi) is 4.98. The van der Waals surface area contributed by atoms with Crippen LogP contribution in [0.5, 0.6) is 11.6 Å². The van der Waals surface area contributed by atoms with Crippen molar-refractivity contribution in [3.63, 3.8) is 0 Å². The first-order valence-corrected chi connectivity index (χ1v) is 7.24. The average Bonchev–Trinajstić information content (AvgIpc) is 2.49. The van der Waals surface area contributed by atoms with E-state index in [1.165, 1.54) is 11.9 Å². The van der Waals surface area contributed by atoms with Crippen LogP contribution in [0.1, 0.15) is 38.7 Å². The summed E-state index contributed by atoms with van der Waals surface area (Å²) in [6.45, 7) is 7.20. The van der Waals surface area contributed by atoms with Gasteiger partial charge in [-0.25, -0.2) is 4.98 Å².